The topological polar surface area (TPSA) is 49.4 Å². The maximum absolute atomic E-state index is 12.4. The van der Waals surface area contributed by atoms with Crippen LogP contribution in [0.2, 0.25) is 0 Å². The number of benzene rings is 2. The highest BCUT2D eigenvalue weighted by atomic mass is 16.2. The van der Waals surface area contributed by atoms with E-state index in [9.17, 15) is 9.59 Å². The Balaban J connectivity index is 1.60. The van der Waals surface area contributed by atoms with Crippen molar-refractivity contribution in [3.63, 3.8) is 0 Å². The van der Waals surface area contributed by atoms with Gasteiger partial charge in [-0.3, -0.25) is 9.59 Å². The number of hydrogen-bond donors (Lipinski definition) is 1. The number of carbonyl (C=O) groups excluding carboxylic acids is 2. The Morgan fingerprint density at radius 2 is 1.75 bits per heavy atom. The predicted octanol–water partition coefficient (Wildman–Crippen LogP) is 3.16. The van der Waals surface area contributed by atoms with E-state index in [-0.39, 0.29) is 18.2 Å². The van der Waals surface area contributed by atoms with Gasteiger partial charge in [-0.2, -0.15) is 0 Å². The molecule has 1 N–H and O–H groups in total. The summed E-state index contributed by atoms with van der Waals surface area (Å²) in [6, 6.07) is 15.9. The summed E-state index contributed by atoms with van der Waals surface area (Å²) in [5, 5.41) is 2.86. The molecule has 1 aliphatic rings. The van der Waals surface area contributed by atoms with Gasteiger partial charge in [-0.05, 0) is 35.6 Å². The summed E-state index contributed by atoms with van der Waals surface area (Å²) in [5.74, 6) is -0.365. The van der Waals surface area contributed by atoms with Crippen molar-refractivity contribution < 1.29 is 9.59 Å². The number of amides is 2. The molecule has 0 bridgehead atoms. The Bertz CT molecular complexity index is 755. The molecule has 0 atom stereocenters. The van der Waals surface area contributed by atoms with E-state index in [0.717, 1.165) is 24.1 Å². The number of aryl methyl sites for hydroxylation is 1. The summed E-state index contributed by atoms with van der Waals surface area (Å²) in [5.41, 5.74) is 4.34. The Morgan fingerprint density at radius 3 is 2.54 bits per heavy atom. The first-order valence-electron chi connectivity index (χ1n) is 8.39. The van der Waals surface area contributed by atoms with Gasteiger partial charge in [0, 0.05) is 18.8 Å². The third kappa shape index (κ3) is 3.65. The predicted molar refractivity (Wildman–Crippen MR) is 94.6 cm³/mol. The van der Waals surface area contributed by atoms with E-state index >= 15 is 0 Å². The van der Waals surface area contributed by atoms with Gasteiger partial charge in [0.15, 0.2) is 0 Å². The average Bonchev–Trinajstić information content (AvgIpc) is 2.61. The standard InChI is InChI=1S/C20H22N2O2/c1-2-15-7-5-6-10-18(15)21-19(23)13-20(24)22-12-11-16-8-3-4-9-17(16)14-22/h3-10H,2,11-14H2,1H3,(H,21,23). The number of nitrogens with one attached hydrogen (secondary N) is 1. The lowest BCUT2D eigenvalue weighted by Crippen LogP contribution is -2.37. The number of carbonyl (C=O) groups is 2. The largest absolute Gasteiger partial charge is 0.338 e. The highest BCUT2D eigenvalue weighted by molar-refractivity contribution is 6.03. The minimum atomic E-state index is -0.250. The Kier molecular flexibility index (Phi) is 4.94. The van der Waals surface area contributed by atoms with Crippen LogP contribution in [-0.2, 0) is 29.0 Å². The lowest BCUT2D eigenvalue weighted by atomic mass is 10.00. The zero-order valence-corrected chi connectivity index (χ0v) is 13.9. The molecular formula is C20H22N2O2. The summed E-state index contributed by atoms with van der Waals surface area (Å²) < 4.78 is 0. The van der Waals surface area contributed by atoms with Crippen LogP contribution in [0.1, 0.15) is 30.0 Å². The second kappa shape index (κ2) is 7.30. The van der Waals surface area contributed by atoms with Gasteiger partial charge in [-0.1, -0.05) is 49.4 Å². The summed E-state index contributed by atoms with van der Waals surface area (Å²) >= 11 is 0. The highest BCUT2D eigenvalue weighted by Gasteiger charge is 2.22. The number of anilines is 1. The van der Waals surface area contributed by atoms with E-state index in [2.05, 4.69) is 11.4 Å². The third-order valence-corrected chi connectivity index (χ3v) is 4.47. The number of nitrogens with zero attached hydrogens (tertiary/aromatic N) is 1. The molecule has 0 aromatic heterocycles. The van der Waals surface area contributed by atoms with Crippen molar-refractivity contribution in [2.75, 3.05) is 11.9 Å². The fourth-order valence-electron chi connectivity index (χ4n) is 3.10. The van der Waals surface area contributed by atoms with E-state index in [4.69, 9.17) is 0 Å². The zero-order valence-electron chi connectivity index (χ0n) is 13.9. The molecule has 2 aromatic carbocycles. The second-order valence-electron chi connectivity index (χ2n) is 6.07. The van der Waals surface area contributed by atoms with Gasteiger partial charge in [-0.25, -0.2) is 0 Å². The lowest BCUT2D eigenvalue weighted by Gasteiger charge is -2.28. The molecule has 0 radical (unpaired) electrons. The monoisotopic (exact) mass is 322 g/mol. The molecule has 4 heteroatoms. The summed E-state index contributed by atoms with van der Waals surface area (Å²) in [4.78, 5) is 26.4. The average molecular weight is 322 g/mol. The second-order valence-corrected chi connectivity index (χ2v) is 6.07. The minimum absolute atomic E-state index is 0.111. The maximum atomic E-state index is 12.4. The smallest absolute Gasteiger partial charge is 0.233 e. The van der Waals surface area contributed by atoms with E-state index < -0.39 is 0 Å². The molecule has 0 saturated carbocycles. The van der Waals surface area contributed by atoms with Crippen LogP contribution in [0.3, 0.4) is 0 Å². The molecule has 1 aliphatic heterocycles. The van der Waals surface area contributed by atoms with Gasteiger partial charge in [0.05, 0.1) is 0 Å². The first-order chi connectivity index (χ1) is 11.7. The maximum Gasteiger partial charge on any atom is 0.233 e. The molecule has 0 aliphatic carbocycles. The fraction of sp³-hybridized carbons (Fsp3) is 0.300. The fourth-order valence-corrected chi connectivity index (χ4v) is 3.10. The molecule has 1 heterocycles. The lowest BCUT2D eigenvalue weighted by molar-refractivity contribution is -0.135. The Morgan fingerprint density at radius 1 is 1.04 bits per heavy atom. The molecule has 0 fully saturated rings. The molecule has 3 rings (SSSR count). The van der Waals surface area contributed by atoms with E-state index in [1.54, 1.807) is 4.90 Å². The zero-order chi connectivity index (χ0) is 16.9. The molecule has 0 unspecified atom stereocenters. The van der Waals surface area contributed by atoms with Crippen molar-refractivity contribution in [3.8, 4) is 0 Å². The van der Waals surface area contributed by atoms with Gasteiger partial charge < -0.3 is 10.2 Å². The van der Waals surface area contributed by atoms with Crippen molar-refractivity contribution in [1.82, 2.24) is 4.90 Å². The van der Waals surface area contributed by atoms with Crippen LogP contribution in [0.15, 0.2) is 48.5 Å². The third-order valence-electron chi connectivity index (χ3n) is 4.47. The summed E-state index contributed by atoms with van der Waals surface area (Å²) in [6.45, 7) is 3.31. The molecule has 0 spiro atoms. The first kappa shape index (κ1) is 16.2. The quantitative estimate of drug-likeness (QED) is 0.879. The van der Waals surface area contributed by atoms with Crippen LogP contribution < -0.4 is 5.32 Å². The van der Waals surface area contributed by atoms with E-state index in [1.807, 2.05) is 49.4 Å². The number of fused-ring (bicyclic) bond motifs is 1. The minimum Gasteiger partial charge on any atom is -0.338 e. The van der Waals surface area contributed by atoms with Crippen molar-refractivity contribution >= 4 is 17.5 Å². The molecular weight excluding hydrogens is 300 g/mol. The van der Waals surface area contributed by atoms with Gasteiger partial charge >= 0.3 is 0 Å². The van der Waals surface area contributed by atoms with Gasteiger partial charge in [0.1, 0.15) is 6.42 Å². The SMILES string of the molecule is CCc1ccccc1NC(=O)CC(=O)N1CCc2ccccc2C1. The Labute approximate surface area is 142 Å². The Hall–Kier alpha value is -2.62. The van der Waals surface area contributed by atoms with Crippen molar-refractivity contribution in [2.45, 2.75) is 32.7 Å². The van der Waals surface area contributed by atoms with Crippen LogP contribution in [0.5, 0.6) is 0 Å². The van der Waals surface area contributed by atoms with Crippen LogP contribution in [0.25, 0.3) is 0 Å². The van der Waals surface area contributed by atoms with Gasteiger partial charge in [-0.15, -0.1) is 0 Å². The summed E-state index contributed by atoms with van der Waals surface area (Å²) in [7, 11) is 0. The molecule has 0 saturated heterocycles. The van der Waals surface area contributed by atoms with E-state index in [1.165, 1.54) is 11.1 Å². The van der Waals surface area contributed by atoms with Gasteiger partial charge in [0.2, 0.25) is 11.8 Å². The van der Waals surface area contributed by atoms with Crippen LogP contribution in [-0.4, -0.2) is 23.3 Å². The molecule has 4 nitrogen and oxygen atoms in total. The highest BCUT2D eigenvalue weighted by Crippen LogP contribution is 2.20. The van der Waals surface area contributed by atoms with Crippen LogP contribution in [0.4, 0.5) is 5.69 Å². The molecule has 2 amide bonds. The summed E-state index contributed by atoms with van der Waals surface area (Å²) in [6.07, 6.45) is 1.58. The normalized spacial score (nSPS) is 13.3. The van der Waals surface area contributed by atoms with Crippen LogP contribution in [0, 0.1) is 0 Å². The molecule has 2 aromatic rings. The van der Waals surface area contributed by atoms with Crippen molar-refractivity contribution in [1.29, 1.82) is 0 Å². The number of rotatable bonds is 4. The van der Waals surface area contributed by atoms with Crippen molar-refractivity contribution in [2.24, 2.45) is 0 Å². The number of para-hydroxylation sites is 1. The van der Waals surface area contributed by atoms with E-state index in [0.29, 0.717) is 13.1 Å². The molecule has 24 heavy (non-hydrogen) atoms. The number of hydrogen-bond acceptors (Lipinski definition) is 2. The first-order valence-corrected chi connectivity index (χ1v) is 8.39. The van der Waals surface area contributed by atoms with Crippen LogP contribution >= 0.6 is 0 Å². The van der Waals surface area contributed by atoms with Crippen molar-refractivity contribution in [3.05, 3.63) is 65.2 Å². The molecule has 124 valence electrons. The van der Waals surface area contributed by atoms with Gasteiger partial charge in [0.25, 0.3) is 0 Å².